The molecule has 1 aromatic heterocycles. The standard InChI is InChI=1S/C20H17N3S/c1-12-16(8-18(13-6-7-13)23(2)19(12)10-22)17-11-24-20-14(9-21)4-3-5-15(17)20/h3-5,8,11,13,16H,6-7H2,1-2H3. The van der Waals surface area contributed by atoms with Crippen molar-refractivity contribution in [3.8, 4) is 12.1 Å². The van der Waals surface area contributed by atoms with Gasteiger partial charge in [0.15, 0.2) is 0 Å². The fourth-order valence-electron chi connectivity index (χ4n) is 3.63. The topological polar surface area (TPSA) is 50.8 Å². The van der Waals surface area contributed by atoms with E-state index in [0.717, 1.165) is 26.9 Å². The van der Waals surface area contributed by atoms with E-state index in [4.69, 9.17) is 0 Å². The van der Waals surface area contributed by atoms with Gasteiger partial charge in [0.2, 0.25) is 0 Å². The molecule has 118 valence electrons. The Bertz CT molecular complexity index is 976. The number of hydrogen-bond acceptors (Lipinski definition) is 4. The Labute approximate surface area is 145 Å². The zero-order valence-electron chi connectivity index (χ0n) is 13.7. The molecular weight excluding hydrogens is 314 g/mol. The van der Waals surface area contributed by atoms with E-state index in [1.165, 1.54) is 24.1 Å². The third kappa shape index (κ3) is 2.15. The summed E-state index contributed by atoms with van der Waals surface area (Å²) in [5.41, 5.74) is 5.07. The summed E-state index contributed by atoms with van der Waals surface area (Å²) in [6, 6.07) is 10.6. The molecule has 3 nitrogen and oxygen atoms in total. The molecule has 2 heterocycles. The largest absolute Gasteiger partial charge is 0.340 e. The van der Waals surface area contributed by atoms with Crippen molar-refractivity contribution in [2.75, 3.05) is 7.05 Å². The van der Waals surface area contributed by atoms with Gasteiger partial charge in [0.25, 0.3) is 0 Å². The second kappa shape index (κ2) is 5.51. The van der Waals surface area contributed by atoms with Gasteiger partial charge in [0, 0.05) is 18.7 Å². The summed E-state index contributed by atoms with van der Waals surface area (Å²) < 4.78 is 1.04. The summed E-state index contributed by atoms with van der Waals surface area (Å²) in [5, 5.41) is 22.3. The summed E-state index contributed by atoms with van der Waals surface area (Å²) in [6.45, 7) is 2.05. The molecule has 1 aliphatic carbocycles. The number of benzene rings is 1. The maximum absolute atomic E-state index is 9.65. The van der Waals surface area contributed by atoms with E-state index in [2.05, 4.69) is 41.5 Å². The minimum Gasteiger partial charge on any atom is -0.340 e. The van der Waals surface area contributed by atoms with Crippen molar-refractivity contribution in [1.29, 1.82) is 10.5 Å². The van der Waals surface area contributed by atoms with Gasteiger partial charge in [-0.15, -0.1) is 11.3 Å². The van der Waals surface area contributed by atoms with Crippen LogP contribution in [0.25, 0.3) is 10.1 Å². The van der Waals surface area contributed by atoms with E-state index < -0.39 is 0 Å². The highest BCUT2D eigenvalue weighted by Crippen LogP contribution is 2.47. The second-order valence-corrected chi connectivity index (χ2v) is 7.41. The normalized spacial score (nSPS) is 20.8. The number of nitrogens with zero attached hydrogens (tertiary/aromatic N) is 3. The molecule has 0 spiro atoms. The lowest BCUT2D eigenvalue weighted by molar-refractivity contribution is 0.477. The first kappa shape index (κ1) is 15.0. The van der Waals surface area contributed by atoms with Crippen molar-refractivity contribution in [2.24, 2.45) is 5.92 Å². The summed E-state index contributed by atoms with van der Waals surface area (Å²) >= 11 is 1.62. The van der Waals surface area contributed by atoms with Crippen molar-refractivity contribution in [3.63, 3.8) is 0 Å². The SMILES string of the molecule is CC1=C(C#N)N(C)C(C2CC2)=CC1c1csc2c(C#N)cccc12. The van der Waals surface area contributed by atoms with Crippen LogP contribution >= 0.6 is 11.3 Å². The molecule has 1 saturated carbocycles. The van der Waals surface area contributed by atoms with Gasteiger partial charge in [0.05, 0.1) is 10.3 Å². The fraction of sp³-hybridized carbons (Fsp3) is 0.300. The highest BCUT2D eigenvalue weighted by Gasteiger charge is 2.35. The van der Waals surface area contributed by atoms with Crippen LogP contribution in [0.3, 0.4) is 0 Å². The number of nitriles is 2. The summed E-state index contributed by atoms with van der Waals surface area (Å²) in [7, 11) is 2.00. The van der Waals surface area contributed by atoms with E-state index in [0.29, 0.717) is 5.92 Å². The molecule has 0 saturated heterocycles. The molecule has 1 aliphatic heterocycles. The highest BCUT2D eigenvalue weighted by atomic mass is 32.1. The first-order valence-electron chi connectivity index (χ1n) is 8.12. The van der Waals surface area contributed by atoms with Crippen molar-refractivity contribution in [2.45, 2.75) is 25.7 Å². The molecule has 0 N–H and O–H groups in total. The predicted octanol–water partition coefficient (Wildman–Crippen LogP) is 4.89. The van der Waals surface area contributed by atoms with Crippen LogP contribution in [0.4, 0.5) is 0 Å². The second-order valence-electron chi connectivity index (χ2n) is 6.53. The van der Waals surface area contributed by atoms with Gasteiger partial charge in [-0.25, -0.2) is 0 Å². The van der Waals surface area contributed by atoms with Gasteiger partial charge in [0.1, 0.15) is 17.8 Å². The van der Waals surface area contributed by atoms with Gasteiger partial charge in [-0.05, 0) is 53.7 Å². The Balaban J connectivity index is 1.90. The number of thiophene rings is 1. The Morgan fingerprint density at radius 3 is 2.67 bits per heavy atom. The van der Waals surface area contributed by atoms with Crippen molar-refractivity contribution in [1.82, 2.24) is 4.90 Å². The van der Waals surface area contributed by atoms with Crippen LogP contribution in [-0.4, -0.2) is 11.9 Å². The lowest BCUT2D eigenvalue weighted by Gasteiger charge is -2.31. The third-order valence-corrected chi connectivity index (χ3v) is 6.13. The maximum atomic E-state index is 9.65. The van der Waals surface area contributed by atoms with Gasteiger partial charge in [-0.1, -0.05) is 18.2 Å². The molecular formula is C20H17N3S. The van der Waals surface area contributed by atoms with Crippen LogP contribution in [0.15, 0.2) is 46.6 Å². The van der Waals surface area contributed by atoms with E-state index in [1.807, 2.05) is 19.2 Å². The highest BCUT2D eigenvalue weighted by molar-refractivity contribution is 7.17. The average molecular weight is 331 g/mol. The van der Waals surface area contributed by atoms with Gasteiger partial charge in [-0.3, -0.25) is 0 Å². The quantitative estimate of drug-likeness (QED) is 0.787. The zero-order valence-corrected chi connectivity index (χ0v) is 14.5. The van der Waals surface area contributed by atoms with Crippen molar-refractivity contribution >= 4 is 21.4 Å². The molecule has 2 aliphatic rings. The van der Waals surface area contributed by atoms with Crippen LogP contribution in [0.1, 0.15) is 36.8 Å². The lowest BCUT2D eigenvalue weighted by Crippen LogP contribution is -2.25. The summed E-state index contributed by atoms with van der Waals surface area (Å²) in [6.07, 6.45) is 4.75. The van der Waals surface area contributed by atoms with Gasteiger partial charge < -0.3 is 4.90 Å². The fourth-order valence-corrected chi connectivity index (χ4v) is 4.70. The number of hydrogen-bond donors (Lipinski definition) is 0. The van der Waals surface area contributed by atoms with Gasteiger partial charge >= 0.3 is 0 Å². The maximum Gasteiger partial charge on any atom is 0.119 e. The molecule has 24 heavy (non-hydrogen) atoms. The summed E-state index contributed by atoms with van der Waals surface area (Å²) in [4.78, 5) is 2.07. The van der Waals surface area contributed by atoms with Crippen LogP contribution in [0.5, 0.6) is 0 Å². The predicted molar refractivity (Wildman–Crippen MR) is 96.2 cm³/mol. The van der Waals surface area contributed by atoms with E-state index in [-0.39, 0.29) is 5.92 Å². The molecule has 0 radical (unpaired) electrons. The molecule has 1 aromatic carbocycles. The smallest absolute Gasteiger partial charge is 0.119 e. The molecule has 4 heteroatoms. The zero-order chi connectivity index (χ0) is 16.8. The minimum atomic E-state index is 0.120. The molecule has 1 fully saturated rings. The van der Waals surface area contributed by atoms with Crippen molar-refractivity contribution < 1.29 is 0 Å². The van der Waals surface area contributed by atoms with E-state index >= 15 is 0 Å². The van der Waals surface area contributed by atoms with Gasteiger partial charge in [-0.2, -0.15) is 10.5 Å². The van der Waals surface area contributed by atoms with Crippen LogP contribution in [0, 0.1) is 28.6 Å². The minimum absolute atomic E-state index is 0.120. The Kier molecular flexibility index (Phi) is 3.44. The van der Waals surface area contributed by atoms with Crippen LogP contribution in [-0.2, 0) is 0 Å². The monoisotopic (exact) mass is 331 g/mol. The molecule has 0 bridgehead atoms. The first-order valence-corrected chi connectivity index (χ1v) is 9.00. The molecule has 1 unspecified atom stereocenters. The first-order chi connectivity index (χ1) is 11.7. The molecule has 0 amide bonds. The van der Waals surface area contributed by atoms with Crippen LogP contribution < -0.4 is 0 Å². The van der Waals surface area contributed by atoms with Crippen LogP contribution in [0.2, 0.25) is 0 Å². The molecule has 1 atom stereocenters. The Morgan fingerprint density at radius 1 is 1.21 bits per heavy atom. The average Bonchev–Trinajstić information content (AvgIpc) is 3.34. The number of fused-ring (bicyclic) bond motifs is 1. The molecule has 4 rings (SSSR count). The number of rotatable bonds is 2. The number of allylic oxidation sites excluding steroid dienone is 4. The van der Waals surface area contributed by atoms with E-state index in [1.54, 1.807) is 11.3 Å². The molecule has 2 aromatic rings. The summed E-state index contributed by atoms with van der Waals surface area (Å²) in [5.74, 6) is 0.711. The van der Waals surface area contributed by atoms with E-state index in [9.17, 15) is 10.5 Å². The lowest BCUT2D eigenvalue weighted by atomic mass is 9.86. The Hall–Kier alpha value is -2.56. The third-order valence-electron chi connectivity index (χ3n) is 5.09. The Morgan fingerprint density at radius 2 is 2.00 bits per heavy atom. The van der Waals surface area contributed by atoms with Crippen molar-refractivity contribution in [3.05, 3.63) is 57.7 Å².